The van der Waals surface area contributed by atoms with Crippen LogP contribution in [0.5, 0.6) is 0 Å². The van der Waals surface area contributed by atoms with Crippen LogP contribution in [0.15, 0.2) is 0 Å². The molecule has 0 aliphatic carbocycles. The zero-order chi connectivity index (χ0) is 13.6. The molecule has 17 heavy (non-hydrogen) atoms. The fourth-order valence-electron chi connectivity index (χ4n) is 1.17. The monoisotopic (exact) mass is 245 g/mol. The second-order valence-electron chi connectivity index (χ2n) is 4.16. The maximum Gasteiger partial charge on any atom is 0.220 e. The average molecular weight is 245 g/mol. The molecule has 0 saturated carbocycles. The van der Waals surface area contributed by atoms with Gasteiger partial charge in [-0.3, -0.25) is 4.79 Å². The van der Waals surface area contributed by atoms with Gasteiger partial charge < -0.3 is 30.9 Å². The molecule has 0 aliphatic heterocycles. The van der Waals surface area contributed by atoms with Crippen molar-refractivity contribution in [1.82, 2.24) is 5.32 Å². The predicted molar refractivity (Wildman–Crippen MR) is 52.7 cm³/mol. The van der Waals surface area contributed by atoms with Gasteiger partial charge in [-0.05, 0) is 5.92 Å². The summed E-state index contributed by atoms with van der Waals surface area (Å²) in [5.74, 6) is -3.54. The maximum atomic E-state index is 11.3. The molecule has 7 heteroatoms. The maximum absolute atomic E-state index is 11.3. The number of quaternary nitrogens is 1. The standard InChI is InChI=1S/C10H18N2O5/c1-5(2)8(10(16)17)12-7(13)4-3-6(11)9(14)15/h5-6,8H,3-4,11H2,1-2H3,(H,12,13)(H,14,15)(H,16,17)/p-1/t6-,8-/m0/s1. The normalized spacial score (nSPS) is 14.1. The Labute approximate surface area is 99.0 Å². The Hall–Kier alpha value is -1.63. The van der Waals surface area contributed by atoms with Gasteiger partial charge in [-0.1, -0.05) is 13.8 Å². The van der Waals surface area contributed by atoms with Gasteiger partial charge in [0.25, 0.3) is 0 Å². The van der Waals surface area contributed by atoms with E-state index in [1.54, 1.807) is 13.8 Å². The SMILES string of the molecule is CC(C)[C@H](NC(=O)CC[C@H]([NH3+])C(=O)[O-])C(=O)[O-]. The van der Waals surface area contributed by atoms with Gasteiger partial charge in [0, 0.05) is 12.8 Å². The summed E-state index contributed by atoms with van der Waals surface area (Å²) >= 11 is 0. The van der Waals surface area contributed by atoms with Crippen LogP contribution in [0.1, 0.15) is 26.7 Å². The van der Waals surface area contributed by atoms with Crippen LogP contribution in [0, 0.1) is 5.92 Å². The van der Waals surface area contributed by atoms with E-state index in [0.717, 1.165) is 0 Å². The Balaban J connectivity index is 4.16. The molecular formula is C10H17N2O5-. The smallest absolute Gasteiger partial charge is 0.220 e. The van der Waals surface area contributed by atoms with Crippen molar-refractivity contribution in [1.29, 1.82) is 0 Å². The van der Waals surface area contributed by atoms with E-state index in [0.29, 0.717) is 0 Å². The van der Waals surface area contributed by atoms with Gasteiger partial charge >= 0.3 is 0 Å². The van der Waals surface area contributed by atoms with Crippen molar-refractivity contribution in [2.45, 2.75) is 38.8 Å². The molecule has 2 atom stereocenters. The first kappa shape index (κ1) is 15.4. The summed E-state index contributed by atoms with van der Waals surface area (Å²) in [7, 11) is 0. The highest BCUT2D eigenvalue weighted by molar-refractivity contribution is 5.83. The minimum Gasteiger partial charge on any atom is -0.548 e. The van der Waals surface area contributed by atoms with E-state index in [1.807, 2.05) is 0 Å². The topological polar surface area (TPSA) is 137 Å². The number of carboxylic acids is 2. The van der Waals surface area contributed by atoms with Crippen LogP contribution < -0.4 is 21.3 Å². The van der Waals surface area contributed by atoms with Crippen LogP contribution in [0.4, 0.5) is 0 Å². The summed E-state index contributed by atoms with van der Waals surface area (Å²) < 4.78 is 0. The van der Waals surface area contributed by atoms with Gasteiger partial charge in [-0.15, -0.1) is 0 Å². The Morgan fingerprint density at radius 3 is 2.06 bits per heavy atom. The lowest BCUT2D eigenvalue weighted by Crippen LogP contribution is -2.68. The lowest BCUT2D eigenvalue weighted by atomic mass is 10.0. The molecule has 4 N–H and O–H groups in total. The fraction of sp³-hybridized carbons (Fsp3) is 0.700. The first-order chi connectivity index (χ1) is 7.75. The number of aliphatic carboxylic acids is 2. The fourth-order valence-corrected chi connectivity index (χ4v) is 1.17. The van der Waals surface area contributed by atoms with Gasteiger partial charge in [-0.25, -0.2) is 0 Å². The molecule has 0 fully saturated rings. The van der Waals surface area contributed by atoms with Gasteiger partial charge in [0.1, 0.15) is 6.04 Å². The van der Waals surface area contributed by atoms with Crippen LogP contribution in [0.25, 0.3) is 0 Å². The summed E-state index contributed by atoms with van der Waals surface area (Å²) in [5, 5.41) is 23.3. The molecule has 98 valence electrons. The molecule has 7 nitrogen and oxygen atoms in total. The van der Waals surface area contributed by atoms with E-state index in [9.17, 15) is 24.6 Å². The van der Waals surface area contributed by atoms with E-state index in [-0.39, 0.29) is 18.8 Å². The van der Waals surface area contributed by atoms with Crippen LogP contribution in [0.2, 0.25) is 0 Å². The zero-order valence-electron chi connectivity index (χ0n) is 9.89. The lowest BCUT2D eigenvalue weighted by molar-refractivity contribution is -0.438. The molecule has 0 radical (unpaired) electrons. The van der Waals surface area contributed by atoms with Crippen LogP contribution in [0.3, 0.4) is 0 Å². The van der Waals surface area contributed by atoms with E-state index < -0.39 is 29.9 Å². The molecule has 0 aromatic carbocycles. The Kier molecular flexibility index (Phi) is 6.19. The minimum atomic E-state index is -1.36. The first-order valence-electron chi connectivity index (χ1n) is 5.29. The van der Waals surface area contributed by atoms with Crippen LogP contribution in [-0.2, 0) is 14.4 Å². The van der Waals surface area contributed by atoms with Crippen molar-refractivity contribution in [3.8, 4) is 0 Å². The van der Waals surface area contributed by atoms with Crippen molar-refractivity contribution in [3.05, 3.63) is 0 Å². The molecule has 1 amide bonds. The molecule has 0 aliphatic rings. The molecule has 0 saturated heterocycles. The summed E-state index contributed by atoms with van der Waals surface area (Å²) in [6.45, 7) is 3.26. The number of hydrogen-bond donors (Lipinski definition) is 2. The summed E-state index contributed by atoms with van der Waals surface area (Å²) in [5.41, 5.74) is 3.29. The quantitative estimate of drug-likeness (QED) is 0.471. The zero-order valence-corrected chi connectivity index (χ0v) is 9.89. The number of hydrogen-bond acceptors (Lipinski definition) is 5. The van der Waals surface area contributed by atoms with Crippen molar-refractivity contribution >= 4 is 17.8 Å². The summed E-state index contributed by atoms with van der Waals surface area (Å²) in [6.07, 6.45) is -0.106. The van der Waals surface area contributed by atoms with Crippen molar-refractivity contribution in [2.24, 2.45) is 5.92 Å². The Morgan fingerprint density at radius 2 is 1.71 bits per heavy atom. The highest BCUT2D eigenvalue weighted by atomic mass is 16.4. The molecule has 0 aromatic heterocycles. The second-order valence-corrected chi connectivity index (χ2v) is 4.16. The molecule has 0 rings (SSSR count). The largest absolute Gasteiger partial charge is 0.548 e. The van der Waals surface area contributed by atoms with Gasteiger partial charge in [0.05, 0.1) is 18.0 Å². The lowest BCUT2D eigenvalue weighted by Gasteiger charge is -2.23. The summed E-state index contributed by atoms with van der Waals surface area (Å²) in [4.78, 5) is 32.4. The van der Waals surface area contributed by atoms with Gasteiger partial charge in [-0.2, -0.15) is 0 Å². The number of nitrogens with one attached hydrogen (secondary N) is 1. The van der Waals surface area contributed by atoms with Crippen molar-refractivity contribution in [2.75, 3.05) is 0 Å². The van der Waals surface area contributed by atoms with Crippen molar-refractivity contribution in [3.63, 3.8) is 0 Å². The Bertz CT molecular complexity index is 303. The van der Waals surface area contributed by atoms with E-state index in [1.165, 1.54) is 0 Å². The average Bonchev–Trinajstić information content (AvgIpc) is 2.21. The number of rotatable bonds is 7. The third-order valence-corrected chi connectivity index (χ3v) is 2.29. The highest BCUT2D eigenvalue weighted by Crippen LogP contribution is 2.02. The minimum absolute atomic E-state index is 0.00598. The predicted octanol–water partition coefficient (Wildman–Crippen LogP) is -3.98. The Morgan fingerprint density at radius 1 is 1.18 bits per heavy atom. The van der Waals surface area contributed by atoms with Crippen LogP contribution >= 0.6 is 0 Å². The van der Waals surface area contributed by atoms with E-state index in [2.05, 4.69) is 11.1 Å². The molecule has 0 aromatic rings. The molecule has 0 spiro atoms. The molecule has 0 unspecified atom stereocenters. The van der Waals surface area contributed by atoms with Crippen LogP contribution in [-0.4, -0.2) is 29.9 Å². The second kappa shape index (κ2) is 6.85. The van der Waals surface area contributed by atoms with E-state index >= 15 is 0 Å². The number of carbonyl (C=O) groups excluding carboxylic acids is 3. The molecular weight excluding hydrogens is 228 g/mol. The first-order valence-corrected chi connectivity index (χ1v) is 5.29. The third kappa shape index (κ3) is 5.86. The van der Waals surface area contributed by atoms with Gasteiger partial charge in [0.2, 0.25) is 5.91 Å². The number of carbonyl (C=O) groups is 3. The van der Waals surface area contributed by atoms with Crippen molar-refractivity contribution < 1.29 is 30.3 Å². The number of carboxylic acid groups (broad SMARTS) is 2. The van der Waals surface area contributed by atoms with E-state index in [4.69, 9.17) is 0 Å². The highest BCUT2D eigenvalue weighted by Gasteiger charge is 2.18. The molecule has 0 bridgehead atoms. The van der Waals surface area contributed by atoms with Gasteiger partial charge in [0.15, 0.2) is 0 Å². The number of amides is 1. The molecule has 0 heterocycles. The third-order valence-electron chi connectivity index (χ3n) is 2.29. The summed E-state index contributed by atoms with van der Waals surface area (Å²) in [6, 6.07) is -2.06.